The lowest BCUT2D eigenvalue weighted by molar-refractivity contribution is -0.119. The third-order valence-electron chi connectivity index (χ3n) is 6.41. The van der Waals surface area contributed by atoms with Crippen molar-refractivity contribution >= 4 is 28.4 Å². The second-order valence-corrected chi connectivity index (χ2v) is 8.41. The Morgan fingerprint density at radius 1 is 1.03 bits per heavy atom. The van der Waals surface area contributed by atoms with Gasteiger partial charge in [-0.2, -0.15) is 0 Å². The van der Waals surface area contributed by atoms with Crippen LogP contribution in [0.15, 0.2) is 72.9 Å². The molecule has 0 saturated heterocycles. The standard InChI is InChI=1S/C27H25N3O3/c1-16-12-13-23(33-3)22(14-16)29-26(31)24-18-9-4-5-10-19(18)27(32)30(2)25(24)20-15-28-21-11-7-6-8-17(20)21/h4-15,24-25,28H,1-3H3,(H,29,31). The highest BCUT2D eigenvalue weighted by molar-refractivity contribution is 6.05. The summed E-state index contributed by atoms with van der Waals surface area (Å²) in [5, 5.41) is 4.07. The summed E-state index contributed by atoms with van der Waals surface area (Å²) in [5.41, 5.74) is 4.76. The van der Waals surface area contributed by atoms with Crippen molar-refractivity contribution in [1.82, 2.24) is 9.88 Å². The molecule has 2 N–H and O–H groups in total. The molecule has 2 amide bonds. The van der Waals surface area contributed by atoms with Crippen LogP contribution in [0.1, 0.15) is 39.0 Å². The molecule has 1 aromatic heterocycles. The summed E-state index contributed by atoms with van der Waals surface area (Å²) >= 11 is 0. The first-order chi connectivity index (χ1) is 16.0. The average molecular weight is 440 g/mol. The molecule has 33 heavy (non-hydrogen) atoms. The molecular formula is C27H25N3O3. The van der Waals surface area contributed by atoms with Crippen molar-refractivity contribution in [3.8, 4) is 5.75 Å². The van der Waals surface area contributed by atoms with Crippen LogP contribution >= 0.6 is 0 Å². The van der Waals surface area contributed by atoms with Crippen LogP contribution in [0.3, 0.4) is 0 Å². The van der Waals surface area contributed by atoms with Crippen LogP contribution < -0.4 is 10.1 Å². The maximum Gasteiger partial charge on any atom is 0.254 e. The van der Waals surface area contributed by atoms with Crippen LogP contribution in [0.2, 0.25) is 0 Å². The number of para-hydroxylation sites is 1. The van der Waals surface area contributed by atoms with E-state index in [-0.39, 0.29) is 11.8 Å². The lowest BCUT2D eigenvalue weighted by Gasteiger charge is -2.39. The number of amides is 2. The van der Waals surface area contributed by atoms with E-state index in [4.69, 9.17) is 4.74 Å². The third kappa shape index (κ3) is 3.44. The van der Waals surface area contributed by atoms with Gasteiger partial charge in [-0.05, 0) is 42.3 Å². The summed E-state index contributed by atoms with van der Waals surface area (Å²) in [5.74, 6) is -0.307. The van der Waals surface area contributed by atoms with Gasteiger partial charge in [0.2, 0.25) is 5.91 Å². The van der Waals surface area contributed by atoms with E-state index in [0.29, 0.717) is 17.0 Å². The second kappa shape index (κ2) is 8.13. The predicted molar refractivity (Wildman–Crippen MR) is 129 cm³/mol. The van der Waals surface area contributed by atoms with E-state index in [1.165, 1.54) is 0 Å². The summed E-state index contributed by atoms with van der Waals surface area (Å²) in [6, 6.07) is 20.5. The zero-order valence-electron chi connectivity index (χ0n) is 18.8. The Morgan fingerprint density at radius 3 is 2.61 bits per heavy atom. The lowest BCUT2D eigenvalue weighted by Crippen LogP contribution is -2.44. The van der Waals surface area contributed by atoms with Gasteiger partial charge >= 0.3 is 0 Å². The number of H-pyrrole nitrogens is 1. The van der Waals surface area contributed by atoms with Gasteiger partial charge in [-0.3, -0.25) is 9.59 Å². The number of aromatic amines is 1. The molecule has 3 aromatic carbocycles. The Bertz CT molecular complexity index is 1370. The molecule has 1 aliphatic heterocycles. The van der Waals surface area contributed by atoms with Crippen molar-refractivity contribution in [2.75, 3.05) is 19.5 Å². The molecule has 6 nitrogen and oxygen atoms in total. The molecule has 0 fully saturated rings. The molecule has 0 aliphatic carbocycles. The summed E-state index contributed by atoms with van der Waals surface area (Å²) in [6.45, 7) is 1.96. The molecule has 166 valence electrons. The zero-order valence-corrected chi connectivity index (χ0v) is 18.8. The molecule has 0 radical (unpaired) electrons. The van der Waals surface area contributed by atoms with Gasteiger partial charge in [0.05, 0.1) is 24.8 Å². The average Bonchev–Trinajstić information content (AvgIpc) is 3.25. The minimum atomic E-state index is -0.603. The first kappa shape index (κ1) is 20.8. The van der Waals surface area contributed by atoms with Crippen LogP contribution in [-0.4, -0.2) is 35.9 Å². The Kier molecular flexibility index (Phi) is 5.13. The van der Waals surface area contributed by atoms with E-state index in [1.807, 2.05) is 73.8 Å². The Labute approximate surface area is 192 Å². The number of hydrogen-bond acceptors (Lipinski definition) is 3. The van der Waals surface area contributed by atoms with Crippen molar-refractivity contribution in [1.29, 1.82) is 0 Å². The van der Waals surface area contributed by atoms with Gasteiger partial charge in [0.15, 0.2) is 0 Å². The first-order valence-electron chi connectivity index (χ1n) is 10.9. The number of aromatic nitrogens is 1. The number of ether oxygens (including phenoxy) is 1. The van der Waals surface area contributed by atoms with E-state index >= 15 is 0 Å². The molecule has 2 unspecified atom stereocenters. The van der Waals surface area contributed by atoms with Gasteiger partial charge in [-0.1, -0.05) is 42.5 Å². The van der Waals surface area contributed by atoms with Gasteiger partial charge in [-0.25, -0.2) is 0 Å². The number of benzene rings is 3. The number of methoxy groups -OCH3 is 1. The van der Waals surface area contributed by atoms with Gasteiger partial charge in [-0.15, -0.1) is 0 Å². The third-order valence-corrected chi connectivity index (χ3v) is 6.41. The number of carbonyl (C=O) groups is 2. The molecule has 0 bridgehead atoms. The SMILES string of the molecule is COc1ccc(C)cc1NC(=O)C1c2ccccc2C(=O)N(C)C1c1c[nH]c2ccccc12. The highest BCUT2D eigenvalue weighted by Gasteiger charge is 2.43. The van der Waals surface area contributed by atoms with Crippen LogP contribution in [0.4, 0.5) is 5.69 Å². The molecule has 0 spiro atoms. The number of rotatable bonds is 4. The van der Waals surface area contributed by atoms with Crippen LogP contribution in [0, 0.1) is 6.92 Å². The van der Waals surface area contributed by atoms with Crippen LogP contribution in [0.5, 0.6) is 5.75 Å². The quantitative estimate of drug-likeness (QED) is 0.468. The van der Waals surface area contributed by atoms with Crippen molar-refractivity contribution in [2.24, 2.45) is 0 Å². The zero-order chi connectivity index (χ0) is 23.1. The number of fused-ring (bicyclic) bond motifs is 2. The van der Waals surface area contributed by atoms with Gasteiger partial charge < -0.3 is 19.9 Å². The topological polar surface area (TPSA) is 74.4 Å². The van der Waals surface area contributed by atoms with Crippen molar-refractivity contribution in [2.45, 2.75) is 18.9 Å². The highest BCUT2D eigenvalue weighted by atomic mass is 16.5. The monoisotopic (exact) mass is 439 g/mol. The largest absolute Gasteiger partial charge is 0.495 e. The molecule has 2 atom stereocenters. The summed E-state index contributed by atoms with van der Waals surface area (Å²) in [6.07, 6.45) is 1.90. The number of nitrogens with zero attached hydrogens (tertiary/aromatic N) is 1. The Hall–Kier alpha value is -4.06. The number of carbonyl (C=O) groups excluding carboxylic acids is 2. The molecule has 5 rings (SSSR count). The molecular weight excluding hydrogens is 414 g/mol. The van der Waals surface area contributed by atoms with Crippen molar-refractivity contribution in [3.63, 3.8) is 0 Å². The smallest absolute Gasteiger partial charge is 0.254 e. The first-order valence-corrected chi connectivity index (χ1v) is 10.9. The number of aryl methyl sites for hydroxylation is 1. The maximum absolute atomic E-state index is 13.9. The van der Waals surface area contributed by atoms with E-state index in [1.54, 1.807) is 25.1 Å². The van der Waals surface area contributed by atoms with E-state index in [0.717, 1.165) is 27.6 Å². The number of likely N-dealkylation sites (N-methyl/N-ethyl adjacent to an activating group) is 1. The molecule has 0 saturated carbocycles. The Balaban J connectivity index is 1.66. The molecule has 4 aromatic rings. The van der Waals surface area contributed by atoms with Crippen molar-refractivity contribution < 1.29 is 14.3 Å². The fraction of sp³-hybridized carbons (Fsp3) is 0.185. The summed E-state index contributed by atoms with van der Waals surface area (Å²) in [4.78, 5) is 32.1. The van der Waals surface area contributed by atoms with Crippen molar-refractivity contribution in [3.05, 3.63) is 95.2 Å². The predicted octanol–water partition coefficient (Wildman–Crippen LogP) is 5.03. The highest BCUT2D eigenvalue weighted by Crippen LogP contribution is 2.44. The van der Waals surface area contributed by atoms with Crippen LogP contribution in [0.25, 0.3) is 10.9 Å². The number of anilines is 1. The maximum atomic E-state index is 13.9. The normalized spacial score (nSPS) is 17.7. The molecule has 2 heterocycles. The van der Waals surface area contributed by atoms with Gasteiger partial charge in [0.1, 0.15) is 5.75 Å². The fourth-order valence-corrected chi connectivity index (χ4v) is 4.81. The fourth-order valence-electron chi connectivity index (χ4n) is 4.81. The Morgan fingerprint density at radius 2 is 1.79 bits per heavy atom. The molecule has 6 heteroatoms. The number of nitrogens with one attached hydrogen (secondary N) is 2. The number of hydrogen-bond donors (Lipinski definition) is 2. The minimum absolute atomic E-state index is 0.0990. The van der Waals surface area contributed by atoms with E-state index in [2.05, 4.69) is 10.3 Å². The second-order valence-electron chi connectivity index (χ2n) is 8.41. The molecule has 1 aliphatic rings. The van der Waals surface area contributed by atoms with E-state index in [9.17, 15) is 9.59 Å². The van der Waals surface area contributed by atoms with E-state index < -0.39 is 12.0 Å². The lowest BCUT2D eigenvalue weighted by atomic mass is 9.79. The van der Waals surface area contributed by atoms with Gasteiger partial charge in [0.25, 0.3) is 5.91 Å². The van der Waals surface area contributed by atoms with Crippen LogP contribution in [-0.2, 0) is 4.79 Å². The summed E-state index contributed by atoms with van der Waals surface area (Å²) in [7, 11) is 3.34. The van der Waals surface area contributed by atoms with Gasteiger partial charge in [0, 0.05) is 35.3 Å². The minimum Gasteiger partial charge on any atom is -0.495 e. The summed E-state index contributed by atoms with van der Waals surface area (Å²) < 4.78 is 5.47.